The summed E-state index contributed by atoms with van der Waals surface area (Å²) < 4.78 is 5.77. The third kappa shape index (κ3) is 4.29. The predicted molar refractivity (Wildman–Crippen MR) is 101 cm³/mol. The Morgan fingerprint density at radius 1 is 1.04 bits per heavy atom. The van der Waals surface area contributed by atoms with E-state index < -0.39 is 11.5 Å². The van der Waals surface area contributed by atoms with Crippen molar-refractivity contribution in [2.45, 2.75) is 45.1 Å². The summed E-state index contributed by atoms with van der Waals surface area (Å²) in [6.45, 7) is 6.11. The first-order valence-electron chi connectivity index (χ1n) is 8.87. The number of aromatic hydroxyl groups is 2. The maximum atomic E-state index is 10.3. The van der Waals surface area contributed by atoms with Crippen molar-refractivity contribution in [1.29, 1.82) is 0 Å². The number of hydrogen-bond donors (Lipinski definition) is 4. The van der Waals surface area contributed by atoms with E-state index in [9.17, 15) is 20.4 Å². The monoisotopic (exact) mass is 360 g/mol. The third-order valence-corrected chi connectivity index (χ3v) is 4.60. The van der Waals surface area contributed by atoms with Crippen molar-refractivity contribution in [3.8, 4) is 17.2 Å². The van der Waals surface area contributed by atoms with Crippen LogP contribution in [0.1, 0.15) is 43.9 Å². The summed E-state index contributed by atoms with van der Waals surface area (Å²) in [7, 11) is 0. The zero-order valence-corrected chi connectivity index (χ0v) is 15.6. The first-order valence-corrected chi connectivity index (χ1v) is 8.87. The van der Waals surface area contributed by atoms with E-state index in [1.54, 1.807) is 18.2 Å². The zero-order chi connectivity index (χ0) is 19.3. The second-order valence-electron chi connectivity index (χ2n) is 7.00. The van der Waals surface area contributed by atoms with Gasteiger partial charge in [0, 0.05) is 17.4 Å². The maximum absolute atomic E-state index is 10.3. The van der Waals surface area contributed by atoms with Crippen LogP contribution in [0.2, 0.25) is 0 Å². The van der Waals surface area contributed by atoms with Crippen LogP contribution in [-0.2, 0) is 11.8 Å². The molecule has 0 aliphatic heterocycles. The number of benzene rings is 2. The van der Waals surface area contributed by atoms with Gasteiger partial charge >= 0.3 is 0 Å². The Hall–Kier alpha value is -2.24. The molecule has 0 fully saturated rings. The quantitative estimate of drug-likeness (QED) is 0.581. The molecule has 0 bridgehead atoms. The lowest BCUT2D eigenvalue weighted by atomic mass is 9.75. The lowest BCUT2D eigenvalue weighted by molar-refractivity contribution is 0.0943. The minimum absolute atomic E-state index is 0.0174. The van der Waals surface area contributed by atoms with Gasteiger partial charge in [-0.05, 0) is 35.7 Å². The Morgan fingerprint density at radius 3 is 2.27 bits per heavy atom. The number of aliphatic hydroxyl groups is 2. The second-order valence-corrected chi connectivity index (χ2v) is 7.00. The third-order valence-electron chi connectivity index (χ3n) is 4.60. The lowest BCUT2D eigenvalue weighted by Crippen LogP contribution is -2.24. The highest BCUT2D eigenvalue weighted by molar-refractivity contribution is 5.55. The Kier molecular flexibility index (Phi) is 6.51. The van der Waals surface area contributed by atoms with Crippen molar-refractivity contribution in [2.24, 2.45) is 0 Å². The van der Waals surface area contributed by atoms with Crippen molar-refractivity contribution in [3.63, 3.8) is 0 Å². The number of rotatable bonds is 8. The van der Waals surface area contributed by atoms with Gasteiger partial charge < -0.3 is 25.2 Å². The smallest absolute Gasteiger partial charge is 0.164 e. The van der Waals surface area contributed by atoms with E-state index in [2.05, 4.69) is 0 Å². The summed E-state index contributed by atoms with van der Waals surface area (Å²) in [6, 6.07) is 10.4. The number of phenolic OH excluding ortho intramolecular Hbond substituents is 2. The lowest BCUT2D eigenvalue weighted by Gasteiger charge is -2.30. The molecule has 4 N–H and O–H groups in total. The molecule has 26 heavy (non-hydrogen) atoms. The molecule has 0 saturated carbocycles. The molecular weight excluding hydrogens is 332 g/mol. The van der Waals surface area contributed by atoms with Crippen molar-refractivity contribution in [1.82, 2.24) is 0 Å². The molecule has 0 spiro atoms. The van der Waals surface area contributed by atoms with Gasteiger partial charge in [0.1, 0.15) is 5.75 Å². The molecule has 0 aromatic heterocycles. The maximum Gasteiger partial charge on any atom is 0.164 e. The molecule has 2 rings (SSSR count). The first kappa shape index (κ1) is 20.1. The predicted octanol–water partition coefficient (Wildman–Crippen LogP) is 3.11. The van der Waals surface area contributed by atoms with Gasteiger partial charge in [-0.3, -0.25) is 0 Å². The fourth-order valence-electron chi connectivity index (χ4n) is 3.10. The fraction of sp³-hybridized carbons (Fsp3) is 0.429. The summed E-state index contributed by atoms with van der Waals surface area (Å²) in [5.41, 5.74) is 2.08. The molecule has 5 heteroatoms. The van der Waals surface area contributed by atoms with Crippen LogP contribution in [0.25, 0.3) is 0 Å². The van der Waals surface area contributed by atoms with E-state index in [0.29, 0.717) is 17.9 Å². The van der Waals surface area contributed by atoms with E-state index >= 15 is 0 Å². The molecule has 1 atom stereocenters. The minimum atomic E-state index is -0.949. The topological polar surface area (TPSA) is 90.2 Å². The first-order chi connectivity index (χ1) is 12.3. The highest BCUT2D eigenvalue weighted by atomic mass is 16.5. The van der Waals surface area contributed by atoms with E-state index in [-0.39, 0.29) is 24.5 Å². The van der Waals surface area contributed by atoms with Crippen LogP contribution in [0.5, 0.6) is 17.2 Å². The highest BCUT2D eigenvalue weighted by Gasteiger charge is 2.29. The summed E-state index contributed by atoms with van der Waals surface area (Å²) in [5, 5.41) is 39.2. The Labute approximate surface area is 154 Å². The molecule has 0 aliphatic rings. The van der Waals surface area contributed by atoms with Gasteiger partial charge in [0.05, 0.1) is 19.3 Å². The second kappa shape index (κ2) is 8.43. The molecule has 142 valence electrons. The fourth-order valence-corrected chi connectivity index (χ4v) is 3.10. The van der Waals surface area contributed by atoms with Gasteiger partial charge in [-0.2, -0.15) is 0 Å². The van der Waals surface area contributed by atoms with Gasteiger partial charge in [0.25, 0.3) is 0 Å². The standard InChI is InChI=1S/C21H28O5/c1-4-11-26-20-17(12-16(24)13-22)18(9-10-19(20)25)21(2,3)14-5-7-15(23)8-6-14/h5-10,16,22-25H,4,11-13H2,1-3H3. The normalized spacial score (nSPS) is 12.8. The Bertz CT molecular complexity index is 722. The molecule has 2 aromatic rings. The SMILES string of the molecule is CCCOc1c(O)ccc(C(C)(C)c2ccc(O)cc2)c1CC(O)CO. The molecule has 0 saturated heterocycles. The zero-order valence-electron chi connectivity index (χ0n) is 15.6. The molecule has 0 amide bonds. The van der Waals surface area contributed by atoms with Crippen molar-refractivity contribution < 1.29 is 25.2 Å². The summed E-state index contributed by atoms with van der Waals surface area (Å²) in [4.78, 5) is 0. The average molecular weight is 360 g/mol. The Balaban J connectivity index is 2.59. The summed E-state index contributed by atoms with van der Waals surface area (Å²) >= 11 is 0. The van der Waals surface area contributed by atoms with Gasteiger partial charge in [0.2, 0.25) is 0 Å². The van der Waals surface area contributed by atoms with Crippen LogP contribution in [0.4, 0.5) is 0 Å². The molecule has 1 unspecified atom stereocenters. The van der Waals surface area contributed by atoms with E-state index in [4.69, 9.17) is 4.74 Å². The van der Waals surface area contributed by atoms with E-state index in [1.807, 2.05) is 39.0 Å². The molecule has 0 heterocycles. The average Bonchev–Trinajstić information content (AvgIpc) is 2.61. The highest BCUT2D eigenvalue weighted by Crippen LogP contribution is 2.42. The molecular formula is C21H28O5. The van der Waals surface area contributed by atoms with Crippen LogP contribution in [0.3, 0.4) is 0 Å². The number of aliphatic hydroxyl groups excluding tert-OH is 2. The molecule has 2 aromatic carbocycles. The van der Waals surface area contributed by atoms with E-state index in [0.717, 1.165) is 17.5 Å². The number of ether oxygens (including phenoxy) is 1. The molecule has 5 nitrogen and oxygen atoms in total. The number of hydrogen-bond acceptors (Lipinski definition) is 5. The molecule has 0 aliphatic carbocycles. The Morgan fingerprint density at radius 2 is 1.69 bits per heavy atom. The van der Waals surface area contributed by atoms with Gasteiger partial charge in [0.15, 0.2) is 11.5 Å². The van der Waals surface area contributed by atoms with Gasteiger partial charge in [-0.15, -0.1) is 0 Å². The summed E-state index contributed by atoms with van der Waals surface area (Å²) in [5.74, 6) is 0.561. The van der Waals surface area contributed by atoms with Gasteiger partial charge in [-0.1, -0.05) is 39.0 Å². The van der Waals surface area contributed by atoms with Crippen molar-refractivity contribution >= 4 is 0 Å². The van der Waals surface area contributed by atoms with Gasteiger partial charge in [-0.25, -0.2) is 0 Å². The number of phenols is 2. The molecule has 0 radical (unpaired) electrons. The van der Waals surface area contributed by atoms with Crippen LogP contribution >= 0.6 is 0 Å². The van der Waals surface area contributed by atoms with Crippen LogP contribution in [-0.4, -0.2) is 39.7 Å². The largest absolute Gasteiger partial charge is 0.508 e. The van der Waals surface area contributed by atoms with Crippen molar-refractivity contribution in [3.05, 3.63) is 53.1 Å². The van der Waals surface area contributed by atoms with Crippen LogP contribution in [0, 0.1) is 0 Å². The van der Waals surface area contributed by atoms with Crippen LogP contribution in [0.15, 0.2) is 36.4 Å². The minimum Gasteiger partial charge on any atom is -0.508 e. The van der Waals surface area contributed by atoms with E-state index in [1.165, 1.54) is 0 Å². The van der Waals surface area contributed by atoms with Crippen LogP contribution < -0.4 is 4.74 Å². The van der Waals surface area contributed by atoms with Crippen molar-refractivity contribution in [2.75, 3.05) is 13.2 Å². The summed E-state index contributed by atoms with van der Waals surface area (Å²) in [6.07, 6.45) is 0.00325.